The number of aromatic amines is 1. The molecule has 0 radical (unpaired) electrons. The Kier molecular flexibility index (Phi) is 5.90. The van der Waals surface area contributed by atoms with Crippen molar-refractivity contribution in [2.45, 2.75) is 18.4 Å². The highest BCUT2D eigenvalue weighted by Crippen LogP contribution is 2.24. The Morgan fingerprint density at radius 1 is 1.06 bits per heavy atom. The summed E-state index contributed by atoms with van der Waals surface area (Å²) in [6, 6.07) is 16.5. The molecule has 8 nitrogen and oxygen atoms in total. The van der Waals surface area contributed by atoms with Crippen molar-refractivity contribution in [3.8, 4) is 11.3 Å². The Labute approximate surface area is 192 Å². The van der Waals surface area contributed by atoms with Gasteiger partial charge in [0.1, 0.15) is 11.3 Å². The van der Waals surface area contributed by atoms with Crippen LogP contribution in [-0.2, 0) is 16.4 Å². The Balaban J connectivity index is 1.52. The normalized spacial score (nSPS) is 11.5. The van der Waals surface area contributed by atoms with E-state index in [1.807, 2.05) is 49.3 Å². The molecule has 0 aliphatic rings. The van der Waals surface area contributed by atoms with Crippen LogP contribution in [0.15, 0.2) is 59.5 Å². The van der Waals surface area contributed by atoms with Gasteiger partial charge in [-0.1, -0.05) is 18.2 Å². The number of hydrogen-bond donors (Lipinski definition) is 2. The van der Waals surface area contributed by atoms with E-state index in [2.05, 4.69) is 26.3 Å². The zero-order chi connectivity index (χ0) is 23.8. The van der Waals surface area contributed by atoms with E-state index in [1.54, 1.807) is 19.1 Å². The molecule has 170 valence electrons. The van der Waals surface area contributed by atoms with E-state index < -0.39 is 9.84 Å². The highest BCUT2D eigenvalue weighted by atomic mass is 32.2. The van der Waals surface area contributed by atoms with Gasteiger partial charge in [0.05, 0.1) is 17.1 Å². The van der Waals surface area contributed by atoms with Gasteiger partial charge in [-0.3, -0.25) is 4.79 Å². The molecule has 0 aliphatic carbocycles. The van der Waals surface area contributed by atoms with Crippen molar-refractivity contribution < 1.29 is 13.2 Å². The molecule has 0 bridgehead atoms. The number of nitrogens with zero attached hydrogens (tertiary/aromatic N) is 3. The maximum atomic E-state index is 12.6. The van der Waals surface area contributed by atoms with Crippen molar-refractivity contribution in [1.29, 1.82) is 0 Å². The van der Waals surface area contributed by atoms with Crippen LogP contribution in [0.5, 0.6) is 0 Å². The Morgan fingerprint density at radius 3 is 2.58 bits per heavy atom. The summed E-state index contributed by atoms with van der Waals surface area (Å²) in [5, 5.41) is 2.78. The molecule has 0 spiro atoms. The summed E-state index contributed by atoms with van der Waals surface area (Å²) in [5.41, 5.74) is 5.09. The van der Waals surface area contributed by atoms with Crippen LogP contribution in [0.25, 0.3) is 22.4 Å². The predicted octanol–water partition coefficient (Wildman–Crippen LogP) is 3.33. The number of fused-ring (bicyclic) bond motifs is 1. The maximum Gasteiger partial charge on any atom is 0.251 e. The minimum absolute atomic E-state index is 0.147. The van der Waals surface area contributed by atoms with Crippen LogP contribution >= 0.6 is 0 Å². The van der Waals surface area contributed by atoms with E-state index in [-0.39, 0.29) is 22.9 Å². The number of pyridine rings is 1. The summed E-state index contributed by atoms with van der Waals surface area (Å²) in [6.07, 6.45) is 1.13. The molecule has 0 aliphatic heterocycles. The molecule has 2 aromatic heterocycles. The highest BCUT2D eigenvalue weighted by Gasteiger charge is 2.15. The first-order valence-electron chi connectivity index (χ1n) is 10.3. The van der Waals surface area contributed by atoms with Gasteiger partial charge in [-0.25, -0.2) is 18.4 Å². The molecule has 33 heavy (non-hydrogen) atoms. The van der Waals surface area contributed by atoms with Gasteiger partial charge >= 0.3 is 0 Å². The molecule has 2 aromatic carbocycles. The number of hydrogen-bond acceptors (Lipinski definition) is 6. The third-order valence-corrected chi connectivity index (χ3v) is 6.56. The van der Waals surface area contributed by atoms with Crippen LogP contribution in [0.1, 0.15) is 21.7 Å². The van der Waals surface area contributed by atoms with Gasteiger partial charge in [-0.15, -0.1) is 0 Å². The number of sulfone groups is 1. The zero-order valence-electron chi connectivity index (χ0n) is 18.9. The van der Waals surface area contributed by atoms with Crippen molar-refractivity contribution in [1.82, 2.24) is 20.3 Å². The number of imidazole rings is 1. The Morgan fingerprint density at radius 2 is 1.85 bits per heavy atom. The summed E-state index contributed by atoms with van der Waals surface area (Å²) in [5.74, 6) is 0.176. The van der Waals surface area contributed by atoms with Crippen molar-refractivity contribution in [2.24, 2.45) is 0 Å². The van der Waals surface area contributed by atoms with Crippen LogP contribution in [-0.4, -0.2) is 49.6 Å². The zero-order valence-corrected chi connectivity index (χ0v) is 19.7. The number of carbonyl (C=O) groups excluding carboxylic acids is 1. The Bertz CT molecular complexity index is 1460. The number of anilines is 1. The number of nitrogens with one attached hydrogen (secondary N) is 2. The van der Waals surface area contributed by atoms with Gasteiger partial charge in [0.25, 0.3) is 5.91 Å². The standard InChI is InChI=1S/C24H25N5O3S/c1-15-8-9-17(13-21(15)33(4,31)32)24(30)25-14-22-26-20-11-10-19(27-23(20)28-22)16-6-5-7-18(12-16)29(2)3/h5-13H,14H2,1-4H3,(H,25,30)(H,26,27,28). The van der Waals surface area contributed by atoms with Gasteiger partial charge in [-0.2, -0.15) is 0 Å². The van der Waals surface area contributed by atoms with Crippen LogP contribution < -0.4 is 10.2 Å². The second-order valence-electron chi connectivity index (χ2n) is 8.13. The summed E-state index contributed by atoms with van der Waals surface area (Å²) in [6.45, 7) is 1.85. The number of aromatic nitrogens is 3. The van der Waals surface area contributed by atoms with E-state index in [0.717, 1.165) is 23.2 Å². The summed E-state index contributed by atoms with van der Waals surface area (Å²) < 4.78 is 23.9. The third kappa shape index (κ3) is 4.88. The van der Waals surface area contributed by atoms with Crippen molar-refractivity contribution >= 4 is 32.6 Å². The largest absolute Gasteiger partial charge is 0.378 e. The fourth-order valence-electron chi connectivity index (χ4n) is 3.54. The van der Waals surface area contributed by atoms with E-state index in [4.69, 9.17) is 0 Å². The van der Waals surface area contributed by atoms with Gasteiger partial charge in [-0.05, 0) is 48.9 Å². The maximum absolute atomic E-state index is 12.6. The number of rotatable bonds is 6. The fourth-order valence-corrected chi connectivity index (χ4v) is 4.53. The van der Waals surface area contributed by atoms with E-state index >= 15 is 0 Å². The first-order valence-corrected chi connectivity index (χ1v) is 12.2. The monoisotopic (exact) mass is 463 g/mol. The lowest BCUT2D eigenvalue weighted by atomic mass is 10.1. The quantitative estimate of drug-likeness (QED) is 0.454. The lowest BCUT2D eigenvalue weighted by Gasteiger charge is -2.13. The topological polar surface area (TPSA) is 108 Å². The SMILES string of the molecule is Cc1ccc(C(=O)NCc2nc3ccc(-c4cccc(N(C)C)c4)nc3[nH]2)cc1S(C)(=O)=O. The predicted molar refractivity (Wildman–Crippen MR) is 129 cm³/mol. The van der Waals surface area contributed by atoms with Crippen LogP contribution in [0.3, 0.4) is 0 Å². The van der Waals surface area contributed by atoms with E-state index in [0.29, 0.717) is 22.6 Å². The molecular weight excluding hydrogens is 438 g/mol. The summed E-state index contributed by atoms with van der Waals surface area (Å²) >= 11 is 0. The van der Waals surface area contributed by atoms with Gasteiger partial charge in [0.2, 0.25) is 0 Å². The van der Waals surface area contributed by atoms with Crippen LogP contribution in [0.4, 0.5) is 5.69 Å². The molecule has 9 heteroatoms. The van der Waals surface area contributed by atoms with Crippen molar-refractivity contribution in [3.63, 3.8) is 0 Å². The molecule has 1 amide bonds. The van der Waals surface area contributed by atoms with E-state index in [9.17, 15) is 13.2 Å². The van der Waals surface area contributed by atoms with Gasteiger partial charge < -0.3 is 15.2 Å². The molecular formula is C24H25N5O3S. The first kappa shape index (κ1) is 22.5. The fraction of sp³-hybridized carbons (Fsp3) is 0.208. The summed E-state index contributed by atoms with van der Waals surface area (Å²) in [4.78, 5) is 27.1. The molecule has 2 N–H and O–H groups in total. The average molecular weight is 464 g/mol. The average Bonchev–Trinajstić information content (AvgIpc) is 3.19. The minimum Gasteiger partial charge on any atom is -0.378 e. The lowest BCUT2D eigenvalue weighted by molar-refractivity contribution is 0.0949. The second kappa shape index (κ2) is 8.67. The summed E-state index contributed by atoms with van der Waals surface area (Å²) in [7, 11) is 0.562. The number of amides is 1. The molecule has 2 heterocycles. The minimum atomic E-state index is -3.42. The molecule has 4 aromatic rings. The second-order valence-corrected chi connectivity index (χ2v) is 10.1. The lowest BCUT2D eigenvalue weighted by Crippen LogP contribution is -2.23. The van der Waals surface area contributed by atoms with Crippen LogP contribution in [0, 0.1) is 6.92 Å². The van der Waals surface area contributed by atoms with Crippen LogP contribution in [0.2, 0.25) is 0 Å². The van der Waals surface area contributed by atoms with Crippen molar-refractivity contribution in [2.75, 3.05) is 25.3 Å². The number of carbonyl (C=O) groups is 1. The molecule has 0 saturated carbocycles. The molecule has 0 atom stereocenters. The molecule has 4 rings (SSSR count). The Hall–Kier alpha value is -3.72. The first-order chi connectivity index (χ1) is 15.6. The molecule has 0 unspecified atom stereocenters. The van der Waals surface area contributed by atoms with Gasteiger partial charge in [0, 0.05) is 37.2 Å². The highest BCUT2D eigenvalue weighted by molar-refractivity contribution is 7.90. The number of H-pyrrole nitrogens is 1. The smallest absolute Gasteiger partial charge is 0.251 e. The number of benzene rings is 2. The van der Waals surface area contributed by atoms with E-state index in [1.165, 1.54) is 6.07 Å². The number of aryl methyl sites for hydroxylation is 1. The molecule has 0 fully saturated rings. The van der Waals surface area contributed by atoms with Gasteiger partial charge in [0.15, 0.2) is 15.5 Å². The molecule has 0 saturated heterocycles. The van der Waals surface area contributed by atoms with Crippen molar-refractivity contribution in [3.05, 3.63) is 71.5 Å². The third-order valence-electron chi connectivity index (χ3n) is 5.32.